The highest BCUT2D eigenvalue weighted by atomic mass is 32.2. The minimum Gasteiger partial charge on any atom is -0.493 e. The van der Waals surface area contributed by atoms with Gasteiger partial charge in [-0.1, -0.05) is 36.4 Å². The molecule has 3 rings (SSSR count). The van der Waals surface area contributed by atoms with Crippen molar-refractivity contribution in [2.45, 2.75) is 17.9 Å². The molecule has 8 nitrogen and oxygen atoms in total. The molecule has 9 heteroatoms. The van der Waals surface area contributed by atoms with Gasteiger partial charge in [-0.3, -0.25) is 9.78 Å². The van der Waals surface area contributed by atoms with Crippen LogP contribution in [-0.4, -0.2) is 50.9 Å². The first-order valence-electron chi connectivity index (χ1n) is 10.4. The molecule has 0 unspecified atom stereocenters. The summed E-state index contributed by atoms with van der Waals surface area (Å²) in [4.78, 5) is 16.7. The Bertz CT molecular complexity index is 1160. The third-order valence-electron chi connectivity index (χ3n) is 5.02. The lowest BCUT2D eigenvalue weighted by atomic mass is 10.1. The quantitative estimate of drug-likeness (QED) is 0.464. The van der Waals surface area contributed by atoms with Crippen LogP contribution in [0, 0.1) is 0 Å². The Balaban J connectivity index is 1.81. The van der Waals surface area contributed by atoms with Gasteiger partial charge in [0.05, 0.1) is 25.7 Å². The summed E-state index contributed by atoms with van der Waals surface area (Å²) < 4.78 is 38.6. The second-order valence-electron chi connectivity index (χ2n) is 7.23. The molecule has 1 N–H and O–H groups in total. The number of nitrogens with zero attached hydrogens (tertiary/aromatic N) is 2. The molecule has 1 heterocycles. The van der Waals surface area contributed by atoms with Crippen LogP contribution in [-0.2, 0) is 27.8 Å². The number of hydrogen-bond acceptors (Lipinski definition) is 6. The summed E-state index contributed by atoms with van der Waals surface area (Å²) >= 11 is 0. The van der Waals surface area contributed by atoms with Crippen molar-refractivity contribution in [3.05, 3.63) is 84.2 Å². The fourth-order valence-electron chi connectivity index (χ4n) is 3.23. The summed E-state index contributed by atoms with van der Waals surface area (Å²) in [5, 5.41) is 2.76. The van der Waals surface area contributed by atoms with Gasteiger partial charge in [-0.25, -0.2) is 8.42 Å². The van der Waals surface area contributed by atoms with Gasteiger partial charge in [-0.15, -0.1) is 0 Å². The zero-order valence-corrected chi connectivity index (χ0v) is 19.4. The smallest absolute Gasteiger partial charge is 0.243 e. The number of aromatic nitrogens is 1. The number of amides is 1. The van der Waals surface area contributed by atoms with Crippen molar-refractivity contribution < 1.29 is 22.7 Å². The van der Waals surface area contributed by atoms with Gasteiger partial charge in [0.2, 0.25) is 15.9 Å². The molecule has 0 aliphatic carbocycles. The van der Waals surface area contributed by atoms with Crippen LogP contribution >= 0.6 is 0 Å². The number of pyridine rings is 1. The van der Waals surface area contributed by atoms with Crippen molar-refractivity contribution in [1.82, 2.24) is 14.6 Å². The topological polar surface area (TPSA) is 97.8 Å². The third-order valence-corrected chi connectivity index (χ3v) is 6.86. The molecule has 174 valence electrons. The molecule has 0 aliphatic heterocycles. The first kappa shape index (κ1) is 24.2. The number of hydrogen-bond donors (Lipinski definition) is 1. The largest absolute Gasteiger partial charge is 0.493 e. The summed E-state index contributed by atoms with van der Waals surface area (Å²) in [6.07, 6.45) is 3.75. The number of sulfonamides is 1. The van der Waals surface area contributed by atoms with Crippen LogP contribution in [0.3, 0.4) is 0 Å². The highest BCUT2D eigenvalue weighted by molar-refractivity contribution is 7.89. The van der Waals surface area contributed by atoms with Crippen molar-refractivity contribution in [1.29, 1.82) is 0 Å². The molecule has 0 aliphatic rings. The number of ether oxygens (including phenoxy) is 2. The number of carbonyl (C=O) groups is 1. The van der Waals surface area contributed by atoms with E-state index in [1.165, 1.54) is 36.7 Å². The van der Waals surface area contributed by atoms with Crippen LogP contribution < -0.4 is 14.8 Å². The van der Waals surface area contributed by atoms with Crippen molar-refractivity contribution >= 4 is 15.9 Å². The second-order valence-corrected chi connectivity index (χ2v) is 9.17. The Morgan fingerprint density at radius 3 is 2.36 bits per heavy atom. The van der Waals surface area contributed by atoms with Gasteiger partial charge in [0.25, 0.3) is 0 Å². The maximum atomic E-state index is 13.5. The maximum absolute atomic E-state index is 13.5. The minimum absolute atomic E-state index is 0.0215. The molecular formula is C24H27N3O5S. The molecule has 0 bridgehead atoms. The molecule has 0 atom stereocenters. The van der Waals surface area contributed by atoms with Gasteiger partial charge in [0, 0.05) is 31.5 Å². The van der Waals surface area contributed by atoms with Crippen LogP contribution in [0.2, 0.25) is 0 Å². The highest BCUT2D eigenvalue weighted by Crippen LogP contribution is 2.30. The second kappa shape index (κ2) is 11.4. The number of rotatable bonds is 11. The van der Waals surface area contributed by atoms with E-state index in [0.29, 0.717) is 17.9 Å². The summed E-state index contributed by atoms with van der Waals surface area (Å²) in [6.45, 7) is 0.0837. The average Bonchev–Trinajstić information content (AvgIpc) is 2.85. The maximum Gasteiger partial charge on any atom is 0.243 e. The van der Waals surface area contributed by atoms with Gasteiger partial charge in [-0.2, -0.15) is 4.31 Å². The van der Waals surface area contributed by atoms with Crippen molar-refractivity contribution in [2.75, 3.05) is 27.3 Å². The van der Waals surface area contributed by atoms with Gasteiger partial charge in [0.1, 0.15) is 0 Å². The lowest BCUT2D eigenvalue weighted by Crippen LogP contribution is -2.41. The molecule has 0 spiro atoms. The van der Waals surface area contributed by atoms with E-state index in [2.05, 4.69) is 10.3 Å². The van der Waals surface area contributed by atoms with Gasteiger partial charge in [0.15, 0.2) is 11.5 Å². The molecule has 2 aromatic carbocycles. The van der Waals surface area contributed by atoms with E-state index in [9.17, 15) is 13.2 Å². The van der Waals surface area contributed by atoms with Crippen molar-refractivity contribution in [2.24, 2.45) is 0 Å². The Kier molecular flexibility index (Phi) is 8.39. The molecule has 0 saturated heterocycles. The molecular weight excluding hydrogens is 442 g/mol. The summed E-state index contributed by atoms with van der Waals surface area (Å²) in [5.74, 6) is 0.306. The summed E-state index contributed by atoms with van der Waals surface area (Å²) in [7, 11) is -1.07. The Morgan fingerprint density at radius 2 is 1.70 bits per heavy atom. The predicted octanol–water partition coefficient (Wildman–Crippen LogP) is 2.65. The van der Waals surface area contributed by atoms with E-state index in [0.717, 1.165) is 11.1 Å². The van der Waals surface area contributed by atoms with E-state index in [1.54, 1.807) is 18.5 Å². The summed E-state index contributed by atoms with van der Waals surface area (Å²) in [5.41, 5.74) is 1.80. The van der Waals surface area contributed by atoms with Gasteiger partial charge >= 0.3 is 0 Å². The monoisotopic (exact) mass is 469 g/mol. The van der Waals surface area contributed by atoms with E-state index in [1.807, 2.05) is 36.4 Å². The standard InChI is InChI=1S/C24H27N3O5S/c1-31-22-11-10-21(15-23(22)32-2)33(29,30)27(14-12-19-7-4-3-5-8-19)18-24(28)26-17-20-9-6-13-25-16-20/h3-11,13,15-16H,12,14,17-18H2,1-2H3,(H,26,28). The van der Waals surface area contributed by atoms with Crippen LogP contribution in [0.5, 0.6) is 11.5 Å². The molecule has 1 amide bonds. The molecule has 0 saturated carbocycles. The lowest BCUT2D eigenvalue weighted by Gasteiger charge is -2.22. The van der Waals surface area contributed by atoms with Crippen LogP contribution in [0.15, 0.2) is 78.0 Å². The Morgan fingerprint density at radius 1 is 0.970 bits per heavy atom. The normalized spacial score (nSPS) is 11.2. The minimum atomic E-state index is -3.98. The van der Waals surface area contributed by atoms with E-state index in [-0.39, 0.29) is 24.5 Å². The Labute approximate surface area is 194 Å². The van der Waals surface area contributed by atoms with Crippen LogP contribution in [0.1, 0.15) is 11.1 Å². The zero-order valence-electron chi connectivity index (χ0n) is 18.6. The van der Waals surface area contributed by atoms with Crippen molar-refractivity contribution in [3.8, 4) is 11.5 Å². The third kappa shape index (κ3) is 6.53. The molecule has 3 aromatic rings. The van der Waals surface area contributed by atoms with Gasteiger partial charge in [-0.05, 0) is 35.7 Å². The number of carbonyl (C=O) groups excluding carboxylic acids is 1. The average molecular weight is 470 g/mol. The fraction of sp³-hybridized carbons (Fsp3) is 0.250. The lowest BCUT2D eigenvalue weighted by molar-refractivity contribution is -0.121. The van der Waals surface area contributed by atoms with Gasteiger partial charge < -0.3 is 14.8 Å². The first-order valence-corrected chi connectivity index (χ1v) is 11.8. The van der Waals surface area contributed by atoms with E-state index < -0.39 is 15.9 Å². The molecule has 33 heavy (non-hydrogen) atoms. The van der Waals surface area contributed by atoms with Crippen LogP contribution in [0.4, 0.5) is 0 Å². The van der Waals surface area contributed by atoms with E-state index >= 15 is 0 Å². The molecule has 0 fully saturated rings. The number of nitrogens with one attached hydrogen (secondary N) is 1. The van der Waals surface area contributed by atoms with Crippen molar-refractivity contribution in [3.63, 3.8) is 0 Å². The predicted molar refractivity (Wildman–Crippen MR) is 125 cm³/mol. The Hall–Kier alpha value is -3.43. The fourth-order valence-corrected chi connectivity index (χ4v) is 4.64. The molecule has 1 aromatic heterocycles. The first-order chi connectivity index (χ1) is 15.9. The van der Waals surface area contributed by atoms with Crippen LogP contribution in [0.25, 0.3) is 0 Å². The van der Waals surface area contributed by atoms with E-state index in [4.69, 9.17) is 9.47 Å². The number of methoxy groups -OCH3 is 2. The zero-order chi connectivity index (χ0) is 23.7. The molecule has 0 radical (unpaired) electrons. The summed E-state index contributed by atoms with van der Waals surface area (Å²) in [6, 6.07) is 17.5. The highest BCUT2D eigenvalue weighted by Gasteiger charge is 2.27. The SMILES string of the molecule is COc1ccc(S(=O)(=O)N(CCc2ccccc2)CC(=O)NCc2cccnc2)cc1OC. The number of benzene rings is 2.